The van der Waals surface area contributed by atoms with Gasteiger partial charge in [-0.25, -0.2) is 8.78 Å². The van der Waals surface area contributed by atoms with Gasteiger partial charge < -0.3 is 5.32 Å². The highest BCUT2D eigenvalue weighted by Gasteiger charge is 2.35. The topological polar surface area (TPSA) is 29.1 Å². The summed E-state index contributed by atoms with van der Waals surface area (Å²) >= 11 is 0. The number of nitrogens with one attached hydrogen (secondary N) is 1. The fourth-order valence-electron chi connectivity index (χ4n) is 1.85. The molecule has 1 atom stereocenters. The van der Waals surface area contributed by atoms with Gasteiger partial charge in [0.2, 0.25) is 5.91 Å². The van der Waals surface area contributed by atoms with Gasteiger partial charge in [0.15, 0.2) is 11.6 Å². The van der Waals surface area contributed by atoms with E-state index in [1.165, 1.54) is 6.07 Å². The van der Waals surface area contributed by atoms with Crippen molar-refractivity contribution in [2.45, 2.75) is 18.8 Å². The quantitative estimate of drug-likeness (QED) is 0.753. The number of halogens is 2. The molecule has 0 aromatic heterocycles. The molecule has 0 radical (unpaired) electrons. The van der Waals surface area contributed by atoms with Crippen LogP contribution < -0.4 is 5.32 Å². The van der Waals surface area contributed by atoms with Crippen molar-refractivity contribution in [2.75, 3.05) is 6.54 Å². The van der Waals surface area contributed by atoms with Crippen LogP contribution >= 0.6 is 0 Å². The largest absolute Gasteiger partial charge is 0.355 e. The summed E-state index contributed by atoms with van der Waals surface area (Å²) in [5.74, 6) is -1.78. The molecule has 80 valence electrons. The normalized spacial score (nSPS) is 25.4. The third-order valence-corrected chi connectivity index (χ3v) is 2.84. The Morgan fingerprint density at radius 2 is 2.07 bits per heavy atom. The van der Waals surface area contributed by atoms with Gasteiger partial charge in [-0.15, -0.1) is 0 Å². The predicted molar refractivity (Wildman–Crippen MR) is 51.3 cm³/mol. The van der Waals surface area contributed by atoms with Gasteiger partial charge in [0.1, 0.15) is 0 Å². The van der Waals surface area contributed by atoms with Crippen molar-refractivity contribution < 1.29 is 13.6 Å². The molecule has 1 aliphatic rings. The average Bonchev–Trinajstić information content (AvgIpc) is 2.52. The molecule has 1 fully saturated rings. The minimum atomic E-state index is -0.868. The van der Waals surface area contributed by atoms with Crippen molar-refractivity contribution in [3.05, 3.63) is 35.4 Å². The summed E-state index contributed by atoms with van der Waals surface area (Å²) < 4.78 is 25.7. The molecule has 1 unspecified atom stereocenters. The van der Waals surface area contributed by atoms with Gasteiger partial charge in [-0.05, 0) is 17.7 Å². The first-order valence-electron chi connectivity index (χ1n) is 4.73. The summed E-state index contributed by atoms with van der Waals surface area (Å²) in [4.78, 5) is 11.1. The predicted octanol–water partition coefficient (Wildman–Crippen LogP) is 1.74. The Morgan fingerprint density at radius 1 is 1.33 bits per heavy atom. The van der Waals surface area contributed by atoms with E-state index in [1.54, 1.807) is 0 Å². The lowest BCUT2D eigenvalue weighted by Gasteiger charge is -2.21. The Labute approximate surface area is 86.3 Å². The lowest BCUT2D eigenvalue weighted by Crippen LogP contribution is -2.25. The standard InChI is InChI=1S/C11H11F2NO/c1-11(5-10(15)14-6-11)7-2-3-8(12)9(13)4-7/h2-4H,5-6H2,1H3,(H,14,15). The first kappa shape index (κ1) is 10.1. The molecule has 0 bridgehead atoms. The summed E-state index contributed by atoms with van der Waals surface area (Å²) in [7, 11) is 0. The fraction of sp³-hybridized carbons (Fsp3) is 0.364. The maximum atomic E-state index is 13.0. The maximum absolute atomic E-state index is 13.0. The summed E-state index contributed by atoms with van der Waals surface area (Å²) in [5.41, 5.74) is 0.228. The highest BCUT2D eigenvalue weighted by atomic mass is 19.2. The lowest BCUT2D eigenvalue weighted by atomic mass is 9.82. The summed E-state index contributed by atoms with van der Waals surface area (Å²) in [5, 5.41) is 2.69. The van der Waals surface area contributed by atoms with Crippen molar-refractivity contribution in [1.82, 2.24) is 5.32 Å². The molecule has 4 heteroatoms. The molecule has 1 amide bonds. The molecule has 1 aromatic rings. The van der Waals surface area contributed by atoms with Crippen molar-refractivity contribution in [3.63, 3.8) is 0 Å². The second-order valence-electron chi connectivity index (χ2n) is 4.14. The Balaban J connectivity index is 2.37. The molecule has 2 nitrogen and oxygen atoms in total. The molecular weight excluding hydrogens is 200 g/mol. The van der Waals surface area contributed by atoms with Gasteiger partial charge in [-0.2, -0.15) is 0 Å². The van der Waals surface area contributed by atoms with E-state index in [2.05, 4.69) is 5.32 Å². The van der Waals surface area contributed by atoms with E-state index in [4.69, 9.17) is 0 Å². The van der Waals surface area contributed by atoms with E-state index in [-0.39, 0.29) is 5.91 Å². The van der Waals surface area contributed by atoms with Crippen molar-refractivity contribution in [2.24, 2.45) is 0 Å². The number of carbonyl (C=O) groups excluding carboxylic acids is 1. The van der Waals surface area contributed by atoms with Gasteiger partial charge in [-0.1, -0.05) is 13.0 Å². The van der Waals surface area contributed by atoms with Crippen LogP contribution in [0.4, 0.5) is 8.78 Å². The van der Waals surface area contributed by atoms with Gasteiger partial charge >= 0.3 is 0 Å². The number of hydrogen-bond donors (Lipinski definition) is 1. The minimum Gasteiger partial charge on any atom is -0.355 e. The number of rotatable bonds is 1. The zero-order valence-electron chi connectivity index (χ0n) is 8.31. The minimum absolute atomic E-state index is 0.0535. The van der Waals surface area contributed by atoms with E-state index in [1.807, 2.05) is 6.92 Å². The molecule has 0 spiro atoms. The van der Waals surface area contributed by atoms with Gasteiger partial charge in [0.05, 0.1) is 0 Å². The summed E-state index contributed by atoms with van der Waals surface area (Å²) in [6.07, 6.45) is 0.318. The van der Waals surface area contributed by atoms with Crippen LogP contribution in [0.5, 0.6) is 0 Å². The lowest BCUT2D eigenvalue weighted by molar-refractivity contribution is -0.119. The molecular formula is C11H11F2NO. The molecule has 2 rings (SSSR count). The number of hydrogen-bond acceptors (Lipinski definition) is 1. The highest BCUT2D eigenvalue weighted by molar-refractivity contribution is 5.80. The molecule has 0 saturated carbocycles. The number of amides is 1. The zero-order chi connectivity index (χ0) is 11.1. The van der Waals surface area contributed by atoms with Crippen molar-refractivity contribution in [3.8, 4) is 0 Å². The van der Waals surface area contributed by atoms with E-state index in [9.17, 15) is 13.6 Å². The van der Waals surface area contributed by atoms with E-state index in [0.717, 1.165) is 12.1 Å². The van der Waals surface area contributed by atoms with Crippen LogP contribution in [0, 0.1) is 11.6 Å². The molecule has 1 aliphatic heterocycles. The molecule has 1 saturated heterocycles. The van der Waals surface area contributed by atoms with Crippen LogP contribution in [0.2, 0.25) is 0 Å². The first-order chi connectivity index (χ1) is 7.01. The highest BCUT2D eigenvalue weighted by Crippen LogP contribution is 2.31. The zero-order valence-corrected chi connectivity index (χ0v) is 8.31. The first-order valence-corrected chi connectivity index (χ1v) is 4.73. The molecule has 1 aromatic carbocycles. The summed E-state index contributed by atoms with van der Waals surface area (Å²) in [6.45, 7) is 2.33. The number of carbonyl (C=O) groups is 1. The maximum Gasteiger partial charge on any atom is 0.220 e. The van der Waals surface area contributed by atoms with Crippen LogP contribution in [-0.4, -0.2) is 12.5 Å². The van der Waals surface area contributed by atoms with Crippen LogP contribution in [-0.2, 0) is 10.2 Å². The van der Waals surface area contributed by atoms with Crippen molar-refractivity contribution in [1.29, 1.82) is 0 Å². The Hall–Kier alpha value is -1.45. The Kier molecular flexibility index (Phi) is 2.21. The van der Waals surface area contributed by atoms with E-state index >= 15 is 0 Å². The van der Waals surface area contributed by atoms with Crippen LogP contribution in [0.15, 0.2) is 18.2 Å². The van der Waals surface area contributed by atoms with Crippen molar-refractivity contribution >= 4 is 5.91 Å². The van der Waals surface area contributed by atoms with E-state index in [0.29, 0.717) is 18.5 Å². The molecule has 1 N–H and O–H groups in total. The third kappa shape index (κ3) is 1.71. The second kappa shape index (κ2) is 3.29. The fourth-order valence-corrected chi connectivity index (χ4v) is 1.85. The molecule has 1 heterocycles. The van der Waals surface area contributed by atoms with Crippen LogP contribution in [0.3, 0.4) is 0 Å². The van der Waals surface area contributed by atoms with Crippen LogP contribution in [0.25, 0.3) is 0 Å². The SMILES string of the molecule is CC1(c2ccc(F)c(F)c2)CNC(=O)C1. The third-order valence-electron chi connectivity index (χ3n) is 2.84. The van der Waals surface area contributed by atoms with Gasteiger partial charge in [-0.3, -0.25) is 4.79 Å². The van der Waals surface area contributed by atoms with Gasteiger partial charge in [0, 0.05) is 18.4 Å². The number of benzene rings is 1. The summed E-state index contributed by atoms with van der Waals surface area (Å²) in [6, 6.07) is 3.78. The smallest absolute Gasteiger partial charge is 0.220 e. The molecule has 0 aliphatic carbocycles. The Bertz CT molecular complexity index is 419. The molecule has 15 heavy (non-hydrogen) atoms. The Morgan fingerprint density at radius 3 is 2.60 bits per heavy atom. The monoisotopic (exact) mass is 211 g/mol. The average molecular weight is 211 g/mol. The van der Waals surface area contributed by atoms with E-state index < -0.39 is 17.0 Å². The second-order valence-corrected chi connectivity index (χ2v) is 4.14. The van der Waals surface area contributed by atoms with Crippen LogP contribution in [0.1, 0.15) is 18.9 Å². The van der Waals surface area contributed by atoms with Gasteiger partial charge in [0.25, 0.3) is 0 Å².